The van der Waals surface area contributed by atoms with Gasteiger partial charge in [-0.25, -0.2) is 4.39 Å². The first kappa shape index (κ1) is 17.6. The van der Waals surface area contributed by atoms with Crippen LogP contribution in [0.2, 0.25) is 0 Å². The Morgan fingerprint density at radius 2 is 2.12 bits per heavy atom. The highest BCUT2D eigenvalue weighted by Crippen LogP contribution is 2.29. The highest BCUT2D eigenvalue weighted by atomic mass is 19.1. The normalized spacial score (nSPS) is 13.4. The lowest BCUT2D eigenvalue weighted by atomic mass is 10.1. The summed E-state index contributed by atoms with van der Waals surface area (Å²) < 4.78 is 18.2. The lowest BCUT2D eigenvalue weighted by Crippen LogP contribution is -2.26. The maximum Gasteiger partial charge on any atom is 0.306 e. The predicted octanol–water partition coefficient (Wildman–Crippen LogP) is 1.67. The number of nitrogens with two attached hydrogens (primary N) is 1. The minimum Gasteiger partial charge on any atom is -0.461 e. The number of nitrogens with zero attached hydrogens (tertiary/aromatic N) is 1. The zero-order valence-corrected chi connectivity index (χ0v) is 12.9. The summed E-state index contributed by atoms with van der Waals surface area (Å²) in [5.41, 5.74) is 4.52. The monoisotopic (exact) mass is 339 g/mol. The summed E-state index contributed by atoms with van der Waals surface area (Å²) in [5.74, 6) is -1.23. The van der Waals surface area contributed by atoms with Crippen LogP contribution in [-0.4, -0.2) is 23.3 Å². The first-order chi connectivity index (χ1) is 11.4. The van der Waals surface area contributed by atoms with Crippen molar-refractivity contribution in [3.63, 3.8) is 0 Å². The molecule has 0 aromatic heterocycles. The topological polar surface area (TPSA) is 125 Å². The van der Waals surface area contributed by atoms with Gasteiger partial charge in [0.05, 0.1) is 10.5 Å². The van der Waals surface area contributed by atoms with Crippen LogP contribution in [0.25, 0.3) is 0 Å². The second-order valence-corrected chi connectivity index (χ2v) is 5.59. The smallest absolute Gasteiger partial charge is 0.306 e. The number of nitrogens with one attached hydrogen (secondary N) is 1. The number of carbonyl (C=O) groups excluding carboxylic acids is 2. The van der Waals surface area contributed by atoms with Crippen molar-refractivity contribution in [2.24, 2.45) is 5.92 Å². The molecule has 1 aliphatic carbocycles. The molecular weight excluding hydrogens is 321 g/mol. The fourth-order valence-corrected chi connectivity index (χ4v) is 2.18. The third kappa shape index (κ3) is 4.90. The number of carbonyl (C=O) groups is 2. The molecule has 0 spiro atoms. The van der Waals surface area contributed by atoms with Crippen LogP contribution in [0.4, 0.5) is 15.8 Å². The molecule has 1 aromatic rings. The molecule has 2 rings (SSSR count). The maximum atomic E-state index is 13.3. The SMILES string of the molecule is Nc1cc(F)cc(COC(=O)CCCNC(=O)C2CC2)c1[N+](=O)[O-]. The molecule has 24 heavy (non-hydrogen) atoms. The van der Waals surface area contributed by atoms with E-state index < -0.39 is 29.0 Å². The van der Waals surface area contributed by atoms with E-state index in [4.69, 9.17) is 10.5 Å². The quantitative estimate of drug-likeness (QED) is 0.244. The number of halogens is 1. The van der Waals surface area contributed by atoms with Crippen LogP contribution < -0.4 is 11.1 Å². The summed E-state index contributed by atoms with van der Waals surface area (Å²) in [6.07, 6.45) is 2.25. The van der Waals surface area contributed by atoms with E-state index in [1.54, 1.807) is 0 Å². The molecule has 0 saturated heterocycles. The summed E-state index contributed by atoms with van der Waals surface area (Å²) >= 11 is 0. The molecule has 0 aliphatic heterocycles. The van der Waals surface area contributed by atoms with E-state index in [2.05, 4.69) is 5.32 Å². The number of anilines is 1. The van der Waals surface area contributed by atoms with Gasteiger partial charge in [0.15, 0.2) is 0 Å². The number of hydrogen-bond acceptors (Lipinski definition) is 6. The second kappa shape index (κ2) is 7.71. The molecule has 9 heteroatoms. The number of hydrogen-bond donors (Lipinski definition) is 2. The average molecular weight is 339 g/mol. The Balaban J connectivity index is 1.78. The number of nitrogen functional groups attached to an aromatic ring is 1. The molecule has 0 bridgehead atoms. The summed E-state index contributed by atoms with van der Waals surface area (Å²) in [4.78, 5) is 33.2. The zero-order valence-electron chi connectivity index (χ0n) is 12.9. The summed E-state index contributed by atoms with van der Waals surface area (Å²) in [7, 11) is 0. The molecule has 0 atom stereocenters. The number of amides is 1. The Morgan fingerprint density at radius 3 is 2.75 bits per heavy atom. The van der Waals surface area contributed by atoms with Gasteiger partial charge in [-0.2, -0.15) is 0 Å². The third-order valence-corrected chi connectivity index (χ3v) is 3.56. The van der Waals surface area contributed by atoms with E-state index in [-0.39, 0.29) is 29.5 Å². The molecule has 1 aliphatic rings. The highest BCUT2D eigenvalue weighted by molar-refractivity contribution is 5.80. The molecule has 1 fully saturated rings. The predicted molar refractivity (Wildman–Crippen MR) is 82.2 cm³/mol. The molecule has 0 heterocycles. The van der Waals surface area contributed by atoms with Crippen LogP contribution in [0.15, 0.2) is 12.1 Å². The van der Waals surface area contributed by atoms with E-state index in [0.717, 1.165) is 25.0 Å². The van der Waals surface area contributed by atoms with E-state index in [9.17, 15) is 24.1 Å². The minimum absolute atomic E-state index is 0.00534. The molecule has 3 N–H and O–H groups in total. The largest absolute Gasteiger partial charge is 0.461 e. The summed E-state index contributed by atoms with van der Waals surface area (Å²) in [5, 5.41) is 13.7. The van der Waals surface area contributed by atoms with Gasteiger partial charge in [-0.15, -0.1) is 0 Å². The Bertz CT molecular complexity index is 661. The number of nitro groups is 1. The zero-order chi connectivity index (χ0) is 17.7. The average Bonchev–Trinajstić information content (AvgIpc) is 3.32. The van der Waals surface area contributed by atoms with Gasteiger partial charge in [-0.1, -0.05) is 0 Å². The Labute approximate surface area is 137 Å². The van der Waals surface area contributed by atoms with Crippen molar-refractivity contribution in [2.75, 3.05) is 12.3 Å². The van der Waals surface area contributed by atoms with Crippen molar-refractivity contribution < 1.29 is 23.6 Å². The fourth-order valence-electron chi connectivity index (χ4n) is 2.18. The first-order valence-corrected chi connectivity index (χ1v) is 7.54. The third-order valence-electron chi connectivity index (χ3n) is 3.56. The van der Waals surface area contributed by atoms with Crippen LogP contribution in [0.3, 0.4) is 0 Å². The summed E-state index contributed by atoms with van der Waals surface area (Å²) in [6.45, 7) is -0.0803. The van der Waals surface area contributed by atoms with Gasteiger partial charge in [0.2, 0.25) is 5.91 Å². The van der Waals surface area contributed by atoms with Gasteiger partial charge < -0.3 is 15.8 Å². The van der Waals surface area contributed by atoms with Gasteiger partial charge in [0, 0.05) is 24.9 Å². The van der Waals surface area contributed by atoms with Crippen LogP contribution in [0.1, 0.15) is 31.2 Å². The van der Waals surface area contributed by atoms with E-state index in [1.165, 1.54) is 0 Å². The number of benzene rings is 1. The van der Waals surface area contributed by atoms with Crippen molar-refractivity contribution in [1.82, 2.24) is 5.32 Å². The minimum atomic E-state index is -0.745. The van der Waals surface area contributed by atoms with Gasteiger partial charge in [0.25, 0.3) is 5.69 Å². The van der Waals surface area contributed by atoms with Crippen molar-refractivity contribution in [2.45, 2.75) is 32.3 Å². The molecule has 1 amide bonds. The Kier molecular flexibility index (Phi) is 5.67. The number of ether oxygens (including phenoxy) is 1. The molecule has 0 radical (unpaired) electrons. The van der Waals surface area contributed by atoms with Gasteiger partial charge in [-0.3, -0.25) is 19.7 Å². The lowest BCUT2D eigenvalue weighted by molar-refractivity contribution is -0.384. The second-order valence-electron chi connectivity index (χ2n) is 5.59. The Hall–Kier alpha value is -2.71. The molecule has 1 aromatic carbocycles. The summed E-state index contributed by atoms with van der Waals surface area (Å²) in [6, 6.07) is 1.75. The highest BCUT2D eigenvalue weighted by Gasteiger charge is 2.29. The van der Waals surface area contributed by atoms with E-state index in [1.807, 2.05) is 0 Å². The fraction of sp³-hybridized carbons (Fsp3) is 0.467. The van der Waals surface area contributed by atoms with E-state index >= 15 is 0 Å². The van der Waals surface area contributed by atoms with Gasteiger partial charge in [-0.05, 0) is 25.3 Å². The Morgan fingerprint density at radius 1 is 1.42 bits per heavy atom. The van der Waals surface area contributed by atoms with Crippen LogP contribution in [0.5, 0.6) is 0 Å². The van der Waals surface area contributed by atoms with Gasteiger partial charge >= 0.3 is 5.97 Å². The van der Waals surface area contributed by atoms with E-state index in [0.29, 0.717) is 13.0 Å². The number of rotatable bonds is 8. The van der Waals surface area contributed by atoms with Crippen molar-refractivity contribution in [3.05, 3.63) is 33.6 Å². The first-order valence-electron chi connectivity index (χ1n) is 7.54. The van der Waals surface area contributed by atoms with Crippen molar-refractivity contribution in [3.8, 4) is 0 Å². The molecule has 8 nitrogen and oxygen atoms in total. The maximum absolute atomic E-state index is 13.3. The molecule has 0 unspecified atom stereocenters. The van der Waals surface area contributed by atoms with Crippen molar-refractivity contribution in [1.29, 1.82) is 0 Å². The lowest BCUT2D eigenvalue weighted by Gasteiger charge is -2.08. The molecule has 1 saturated carbocycles. The van der Waals surface area contributed by atoms with Crippen LogP contribution >= 0.6 is 0 Å². The number of nitro benzene ring substituents is 1. The molecule has 130 valence electrons. The number of esters is 1. The molecular formula is C15H18FN3O5. The standard InChI is InChI=1S/C15H18FN3O5/c16-11-6-10(14(19(22)23)12(17)7-11)8-24-13(20)2-1-5-18-15(21)9-3-4-9/h6-7,9H,1-5,8,17H2,(H,18,21). The van der Waals surface area contributed by atoms with Crippen LogP contribution in [0, 0.1) is 21.8 Å². The van der Waals surface area contributed by atoms with Crippen molar-refractivity contribution >= 4 is 23.3 Å². The van der Waals surface area contributed by atoms with Crippen LogP contribution in [-0.2, 0) is 20.9 Å². The van der Waals surface area contributed by atoms with Gasteiger partial charge in [0.1, 0.15) is 18.1 Å².